The number of hydrogen-bond donors (Lipinski definition) is 1. The second kappa shape index (κ2) is 5.14. The molecule has 0 aliphatic heterocycles. The molecule has 0 spiro atoms. The van der Waals surface area contributed by atoms with Crippen molar-refractivity contribution in [3.63, 3.8) is 0 Å². The molecular formula is C13H13ClN2O2. The van der Waals surface area contributed by atoms with Gasteiger partial charge in [0.2, 0.25) is 0 Å². The van der Waals surface area contributed by atoms with Gasteiger partial charge in [0.1, 0.15) is 12.4 Å². The topological polar surface area (TPSA) is 61.3 Å². The Labute approximate surface area is 110 Å². The van der Waals surface area contributed by atoms with E-state index in [2.05, 4.69) is 11.7 Å². The molecule has 2 N–H and O–H groups in total. The lowest BCUT2D eigenvalue weighted by Gasteiger charge is -2.09. The molecule has 0 bridgehead atoms. The molecule has 0 unspecified atom stereocenters. The van der Waals surface area contributed by atoms with Crippen LogP contribution in [-0.2, 0) is 0 Å². The largest absolute Gasteiger partial charge is 0.488 e. The van der Waals surface area contributed by atoms with Gasteiger partial charge in [-0.05, 0) is 24.6 Å². The molecule has 5 heteroatoms. The minimum atomic E-state index is 0.314. The lowest BCUT2D eigenvalue weighted by Crippen LogP contribution is -1.98. The van der Waals surface area contributed by atoms with Gasteiger partial charge in [0.05, 0.1) is 5.02 Å². The summed E-state index contributed by atoms with van der Waals surface area (Å²) < 4.78 is 10.6. The minimum Gasteiger partial charge on any atom is -0.488 e. The van der Waals surface area contributed by atoms with Crippen LogP contribution < -0.4 is 10.5 Å². The Morgan fingerprint density at radius 3 is 2.94 bits per heavy atom. The first-order valence-electron chi connectivity index (χ1n) is 5.36. The molecule has 0 saturated heterocycles. The van der Waals surface area contributed by atoms with Gasteiger partial charge >= 0.3 is 0 Å². The Morgan fingerprint density at radius 2 is 2.33 bits per heavy atom. The van der Waals surface area contributed by atoms with E-state index in [1.165, 1.54) is 0 Å². The van der Waals surface area contributed by atoms with Crippen LogP contribution in [0, 0.1) is 0 Å². The summed E-state index contributed by atoms with van der Waals surface area (Å²) >= 11 is 6.25. The predicted octanol–water partition coefficient (Wildman–Crippen LogP) is 3.53. The van der Waals surface area contributed by atoms with E-state index in [9.17, 15) is 0 Å². The average molecular weight is 265 g/mol. The van der Waals surface area contributed by atoms with Crippen LogP contribution in [0.2, 0.25) is 5.02 Å². The second-order valence-corrected chi connectivity index (χ2v) is 4.36. The Balaban J connectivity index is 2.32. The van der Waals surface area contributed by atoms with Crippen molar-refractivity contribution < 1.29 is 9.26 Å². The normalized spacial score (nSPS) is 10.3. The van der Waals surface area contributed by atoms with Gasteiger partial charge in [-0.3, -0.25) is 0 Å². The SMILES string of the molecule is C=C(C)COc1cccc(-c2cc(N)no2)c1Cl. The zero-order chi connectivity index (χ0) is 13.1. The van der Waals surface area contributed by atoms with Crippen molar-refractivity contribution in [2.45, 2.75) is 6.92 Å². The molecule has 0 amide bonds. The highest BCUT2D eigenvalue weighted by Crippen LogP contribution is 2.35. The van der Waals surface area contributed by atoms with Crippen molar-refractivity contribution in [1.29, 1.82) is 0 Å². The number of nitrogens with zero attached hydrogens (tertiary/aromatic N) is 1. The van der Waals surface area contributed by atoms with Crippen molar-refractivity contribution in [2.24, 2.45) is 0 Å². The van der Waals surface area contributed by atoms with Gasteiger partial charge in [-0.25, -0.2) is 0 Å². The molecule has 94 valence electrons. The van der Waals surface area contributed by atoms with Crippen molar-refractivity contribution >= 4 is 17.4 Å². The van der Waals surface area contributed by atoms with Crippen LogP contribution in [0.4, 0.5) is 5.82 Å². The maximum absolute atomic E-state index is 6.25. The summed E-state index contributed by atoms with van der Waals surface area (Å²) in [5.41, 5.74) is 7.12. The fourth-order valence-corrected chi connectivity index (χ4v) is 1.70. The predicted molar refractivity (Wildman–Crippen MR) is 71.7 cm³/mol. The molecule has 1 aromatic carbocycles. The van der Waals surface area contributed by atoms with Gasteiger partial charge in [0, 0.05) is 11.6 Å². The summed E-state index contributed by atoms with van der Waals surface area (Å²) in [4.78, 5) is 0. The van der Waals surface area contributed by atoms with Crippen LogP contribution in [0.1, 0.15) is 6.92 Å². The Hall–Kier alpha value is -1.94. The molecule has 0 aliphatic carbocycles. The molecule has 0 aliphatic rings. The summed E-state index contributed by atoms with van der Waals surface area (Å²) in [6.07, 6.45) is 0. The minimum absolute atomic E-state index is 0.314. The van der Waals surface area contributed by atoms with Gasteiger partial charge in [-0.1, -0.05) is 29.4 Å². The zero-order valence-electron chi connectivity index (χ0n) is 9.94. The first-order chi connectivity index (χ1) is 8.58. The summed E-state index contributed by atoms with van der Waals surface area (Å²) in [6, 6.07) is 7.04. The molecular weight excluding hydrogens is 252 g/mol. The summed E-state index contributed by atoms with van der Waals surface area (Å²) in [5, 5.41) is 4.09. The van der Waals surface area contributed by atoms with E-state index >= 15 is 0 Å². The van der Waals surface area contributed by atoms with Crippen LogP contribution in [0.5, 0.6) is 5.75 Å². The number of nitrogens with two attached hydrogens (primary N) is 1. The highest BCUT2D eigenvalue weighted by Gasteiger charge is 2.13. The maximum Gasteiger partial charge on any atom is 0.170 e. The molecule has 0 saturated carbocycles. The Morgan fingerprint density at radius 1 is 1.56 bits per heavy atom. The molecule has 1 heterocycles. The van der Waals surface area contributed by atoms with E-state index in [0.717, 1.165) is 5.57 Å². The smallest absolute Gasteiger partial charge is 0.170 e. The number of aromatic nitrogens is 1. The zero-order valence-corrected chi connectivity index (χ0v) is 10.7. The third-order valence-corrected chi connectivity index (χ3v) is 2.62. The monoisotopic (exact) mass is 264 g/mol. The third kappa shape index (κ3) is 2.65. The van der Waals surface area contributed by atoms with E-state index in [-0.39, 0.29) is 0 Å². The molecule has 1 aromatic heterocycles. The molecule has 0 fully saturated rings. The number of ether oxygens (including phenoxy) is 1. The van der Waals surface area contributed by atoms with Gasteiger partial charge in [-0.15, -0.1) is 0 Å². The summed E-state index contributed by atoms with van der Waals surface area (Å²) in [7, 11) is 0. The number of nitrogen functional groups attached to an aromatic ring is 1. The highest BCUT2D eigenvalue weighted by atomic mass is 35.5. The van der Waals surface area contributed by atoms with E-state index in [1.54, 1.807) is 12.1 Å². The number of hydrogen-bond acceptors (Lipinski definition) is 4. The first kappa shape index (κ1) is 12.5. The summed E-state index contributed by atoms with van der Waals surface area (Å²) in [6.45, 7) is 6.07. The second-order valence-electron chi connectivity index (χ2n) is 3.98. The van der Waals surface area contributed by atoms with Crippen LogP contribution in [-0.4, -0.2) is 11.8 Å². The summed E-state index contributed by atoms with van der Waals surface area (Å²) in [5.74, 6) is 1.40. The van der Waals surface area contributed by atoms with Crippen LogP contribution >= 0.6 is 11.6 Å². The van der Waals surface area contributed by atoms with Crippen molar-refractivity contribution in [2.75, 3.05) is 12.3 Å². The standard InChI is InChI=1S/C13H13ClN2O2/c1-8(2)7-17-10-5-3-4-9(13(10)14)11-6-12(15)16-18-11/h3-6H,1,7H2,2H3,(H2,15,16). The van der Waals surface area contributed by atoms with Crippen LogP contribution in [0.3, 0.4) is 0 Å². The number of halogens is 1. The number of benzene rings is 1. The molecule has 2 rings (SSSR count). The van der Waals surface area contributed by atoms with Gasteiger partial charge in [0.25, 0.3) is 0 Å². The lowest BCUT2D eigenvalue weighted by molar-refractivity contribution is 0.353. The van der Waals surface area contributed by atoms with E-state index in [4.69, 9.17) is 26.6 Å². The molecule has 4 nitrogen and oxygen atoms in total. The number of rotatable bonds is 4. The highest BCUT2D eigenvalue weighted by molar-refractivity contribution is 6.34. The Kier molecular flexibility index (Phi) is 3.58. The first-order valence-corrected chi connectivity index (χ1v) is 5.74. The molecule has 2 aromatic rings. The van der Waals surface area contributed by atoms with Crippen molar-refractivity contribution in [1.82, 2.24) is 5.16 Å². The van der Waals surface area contributed by atoms with E-state index in [1.807, 2.05) is 19.1 Å². The van der Waals surface area contributed by atoms with Crippen molar-refractivity contribution in [3.8, 4) is 17.1 Å². The fourth-order valence-electron chi connectivity index (χ4n) is 1.43. The quantitative estimate of drug-likeness (QED) is 0.858. The molecule has 0 radical (unpaired) electrons. The molecule has 0 atom stereocenters. The van der Waals surface area contributed by atoms with E-state index in [0.29, 0.717) is 34.5 Å². The van der Waals surface area contributed by atoms with Crippen LogP contribution in [0.25, 0.3) is 11.3 Å². The number of anilines is 1. The Bertz CT molecular complexity index is 578. The maximum atomic E-state index is 6.25. The lowest BCUT2D eigenvalue weighted by atomic mass is 10.1. The fraction of sp³-hybridized carbons (Fsp3) is 0.154. The third-order valence-electron chi connectivity index (χ3n) is 2.23. The van der Waals surface area contributed by atoms with Crippen LogP contribution in [0.15, 0.2) is 40.9 Å². The van der Waals surface area contributed by atoms with Crippen molar-refractivity contribution in [3.05, 3.63) is 41.4 Å². The molecule has 18 heavy (non-hydrogen) atoms. The van der Waals surface area contributed by atoms with Gasteiger partial charge in [-0.2, -0.15) is 0 Å². The van der Waals surface area contributed by atoms with Gasteiger partial charge < -0.3 is 15.0 Å². The average Bonchev–Trinajstić information content (AvgIpc) is 2.74. The van der Waals surface area contributed by atoms with E-state index < -0.39 is 0 Å². The van der Waals surface area contributed by atoms with Gasteiger partial charge in [0.15, 0.2) is 11.6 Å².